The third-order valence-corrected chi connectivity index (χ3v) is 4.42. The van der Waals surface area contributed by atoms with E-state index in [9.17, 15) is 9.59 Å². The lowest BCUT2D eigenvalue weighted by Gasteiger charge is -2.30. The number of nitrogens with one attached hydrogen (secondary N) is 2. The molecule has 0 rings (SSSR count). The summed E-state index contributed by atoms with van der Waals surface area (Å²) in [6.45, 7) is 18.4. The van der Waals surface area contributed by atoms with E-state index in [0.717, 1.165) is 19.3 Å². The second-order valence-corrected chi connectivity index (χ2v) is 10.3. The molecule has 7 nitrogen and oxygen atoms in total. The lowest BCUT2D eigenvalue weighted by Crippen LogP contribution is -2.43. The van der Waals surface area contributed by atoms with Crippen molar-refractivity contribution in [1.29, 1.82) is 0 Å². The first-order valence-corrected chi connectivity index (χ1v) is 10.2. The van der Waals surface area contributed by atoms with Crippen LogP contribution in [-0.2, 0) is 9.47 Å². The van der Waals surface area contributed by atoms with Crippen LogP contribution in [0, 0.1) is 11.3 Å². The normalized spacial score (nSPS) is 14.8. The molecular weight excluding hydrogens is 358 g/mol. The number of ether oxygens (including phenoxy) is 2. The molecule has 2 amide bonds. The van der Waals surface area contributed by atoms with E-state index in [2.05, 4.69) is 24.5 Å². The predicted molar refractivity (Wildman–Crippen MR) is 113 cm³/mol. The molecule has 0 fully saturated rings. The molecule has 28 heavy (non-hydrogen) atoms. The Kier molecular flexibility index (Phi) is 10.3. The van der Waals surface area contributed by atoms with Gasteiger partial charge in [-0.25, -0.2) is 9.59 Å². The van der Waals surface area contributed by atoms with Crippen molar-refractivity contribution >= 4 is 12.2 Å². The fourth-order valence-corrected chi connectivity index (χ4v) is 2.70. The Morgan fingerprint density at radius 1 is 0.893 bits per heavy atom. The summed E-state index contributed by atoms with van der Waals surface area (Å²) in [4.78, 5) is 23.7. The van der Waals surface area contributed by atoms with Crippen LogP contribution in [0.3, 0.4) is 0 Å². The van der Waals surface area contributed by atoms with Gasteiger partial charge < -0.3 is 25.8 Å². The van der Waals surface area contributed by atoms with Gasteiger partial charge in [0.25, 0.3) is 0 Å². The molecule has 0 saturated carbocycles. The van der Waals surface area contributed by atoms with E-state index < -0.39 is 23.4 Å². The highest BCUT2D eigenvalue weighted by molar-refractivity contribution is 5.68. The lowest BCUT2D eigenvalue weighted by atomic mass is 9.80. The van der Waals surface area contributed by atoms with E-state index >= 15 is 0 Å². The van der Waals surface area contributed by atoms with Crippen molar-refractivity contribution in [2.24, 2.45) is 17.1 Å². The first-order valence-electron chi connectivity index (χ1n) is 10.2. The third kappa shape index (κ3) is 13.6. The molecule has 0 aromatic carbocycles. The van der Waals surface area contributed by atoms with E-state index in [1.165, 1.54) is 0 Å². The fourth-order valence-electron chi connectivity index (χ4n) is 2.70. The van der Waals surface area contributed by atoms with Crippen LogP contribution >= 0.6 is 0 Å². The highest BCUT2D eigenvalue weighted by atomic mass is 16.6. The molecule has 0 spiro atoms. The number of nitrogens with two attached hydrogens (primary N) is 1. The zero-order valence-electron chi connectivity index (χ0n) is 19.4. The van der Waals surface area contributed by atoms with Gasteiger partial charge in [0.2, 0.25) is 0 Å². The van der Waals surface area contributed by atoms with Crippen LogP contribution in [0.4, 0.5) is 9.59 Å². The average Bonchev–Trinajstić information content (AvgIpc) is 2.43. The zero-order valence-corrected chi connectivity index (χ0v) is 19.4. The molecule has 2 atom stereocenters. The second kappa shape index (κ2) is 10.9. The predicted octanol–water partition coefficient (Wildman–Crippen LogP) is 4.20. The van der Waals surface area contributed by atoms with E-state index in [-0.39, 0.29) is 17.4 Å². The summed E-state index contributed by atoms with van der Waals surface area (Å²) in [7, 11) is 0. The van der Waals surface area contributed by atoms with Gasteiger partial charge in [-0.15, -0.1) is 0 Å². The fraction of sp³-hybridized carbons (Fsp3) is 0.905. The molecule has 0 bridgehead atoms. The molecule has 0 unspecified atom stereocenters. The number of rotatable bonds is 9. The monoisotopic (exact) mass is 401 g/mol. The number of alkyl carbamates (subject to hydrolysis) is 2. The maximum absolute atomic E-state index is 12.0. The van der Waals surface area contributed by atoms with Gasteiger partial charge in [0.05, 0.1) is 0 Å². The summed E-state index contributed by atoms with van der Waals surface area (Å²) in [5.41, 5.74) is 4.96. The summed E-state index contributed by atoms with van der Waals surface area (Å²) in [6.07, 6.45) is 1.84. The molecule has 0 aliphatic carbocycles. The molecule has 4 N–H and O–H groups in total. The topological polar surface area (TPSA) is 103 Å². The number of hydrogen-bond acceptors (Lipinski definition) is 5. The Morgan fingerprint density at radius 2 is 1.39 bits per heavy atom. The van der Waals surface area contributed by atoms with Crippen molar-refractivity contribution in [3.8, 4) is 0 Å². The molecule has 0 aromatic rings. The highest BCUT2D eigenvalue weighted by Gasteiger charge is 2.25. The minimum absolute atomic E-state index is 0.0358. The van der Waals surface area contributed by atoms with Gasteiger partial charge >= 0.3 is 12.2 Å². The van der Waals surface area contributed by atoms with E-state index in [1.54, 1.807) is 0 Å². The van der Waals surface area contributed by atoms with Gasteiger partial charge in [0.1, 0.15) is 11.2 Å². The van der Waals surface area contributed by atoms with E-state index in [1.807, 2.05) is 48.5 Å². The lowest BCUT2D eigenvalue weighted by molar-refractivity contribution is 0.0488. The highest BCUT2D eigenvalue weighted by Crippen LogP contribution is 2.29. The SMILES string of the molecule is C[C@@H](NC(=O)OC(C)(C)C)[C@@H](CN)CCC(C)(C)CCNC(=O)OC(C)(C)C. The first kappa shape index (κ1) is 26.5. The Balaban J connectivity index is 4.40. The summed E-state index contributed by atoms with van der Waals surface area (Å²) < 4.78 is 10.6. The molecule has 0 heterocycles. The summed E-state index contributed by atoms with van der Waals surface area (Å²) in [6, 6.07) is -0.0736. The van der Waals surface area contributed by atoms with Crippen molar-refractivity contribution < 1.29 is 19.1 Å². The van der Waals surface area contributed by atoms with Crippen LogP contribution in [0.1, 0.15) is 81.6 Å². The van der Waals surface area contributed by atoms with Gasteiger partial charge in [-0.3, -0.25) is 0 Å². The van der Waals surface area contributed by atoms with Crippen molar-refractivity contribution in [3.05, 3.63) is 0 Å². The largest absolute Gasteiger partial charge is 0.444 e. The Labute approximate surface area is 171 Å². The van der Waals surface area contributed by atoms with Crippen LogP contribution in [0.2, 0.25) is 0 Å². The maximum atomic E-state index is 12.0. The minimum atomic E-state index is -0.523. The second-order valence-electron chi connectivity index (χ2n) is 10.3. The van der Waals surface area contributed by atoms with Gasteiger partial charge in [-0.2, -0.15) is 0 Å². The van der Waals surface area contributed by atoms with Crippen molar-refractivity contribution in [1.82, 2.24) is 10.6 Å². The Hall–Kier alpha value is -1.50. The Bertz CT molecular complexity index is 493. The molecule has 0 radical (unpaired) electrons. The van der Waals surface area contributed by atoms with Gasteiger partial charge in [-0.1, -0.05) is 13.8 Å². The molecule has 0 saturated heterocycles. The number of amides is 2. The quantitative estimate of drug-likeness (QED) is 0.537. The van der Waals surface area contributed by atoms with Gasteiger partial charge in [0.15, 0.2) is 0 Å². The van der Waals surface area contributed by atoms with Crippen LogP contribution in [0.15, 0.2) is 0 Å². The summed E-state index contributed by atoms with van der Waals surface area (Å²) >= 11 is 0. The Morgan fingerprint density at radius 3 is 1.86 bits per heavy atom. The molecule has 0 aliphatic rings. The van der Waals surface area contributed by atoms with Crippen LogP contribution in [0.5, 0.6) is 0 Å². The van der Waals surface area contributed by atoms with Crippen molar-refractivity contribution in [2.75, 3.05) is 13.1 Å². The smallest absolute Gasteiger partial charge is 0.407 e. The van der Waals surface area contributed by atoms with Crippen LogP contribution in [0.25, 0.3) is 0 Å². The maximum Gasteiger partial charge on any atom is 0.407 e. The molecule has 0 aliphatic heterocycles. The third-order valence-electron chi connectivity index (χ3n) is 4.42. The molecule has 166 valence electrons. The first-order chi connectivity index (χ1) is 12.5. The van der Waals surface area contributed by atoms with Crippen molar-refractivity contribution in [2.45, 2.75) is 98.8 Å². The molecule has 0 aromatic heterocycles. The summed E-state index contributed by atoms with van der Waals surface area (Å²) in [5, 5.41) is 5.70. The van der Waals surface area contributed by atoms with Crippen molar-refractivity contribution in [3.63, 3.8) is 0 Å². The number of hydrogen-bond donors (Lipinski definition) is 3. The average molecular weight is 402 g/mol. The standard InChI is InChI=1S/C21H43N3O4/c1-15(24-18(26)28-20(5,6)7)16(14-22)10-11-21(8,9)12-13-23-17(25)27-19(2,3)4/h15-16H,10-14,22H2,1-9H3,(H,23,25)(H,24,26)/t15-,16-/m1/s1. The van der Waals surface area contributed by atoms with E-state index in [4.69, 9.17) is 15.2 Å². The molecule has 7 heteroatoms. The molecular formula is C21H43N3O4. The van der Waals surface area contributed by atoms with Crippen LogP contribution in [-0.4, -0.2) is 42.5 Å². The van der Waals surface area contributed by atoms with Gasteiger partial charge in [0, 0.05) is 12.6 Å². The zero-order chi connectivity index (χ0) is 22.2. The summed E-state index contributed by atoms with van der Waals surface area (Å²) in [5.74, 6) is 0.158. The van der Waals surface area contributed by atoms with E-state index in [0.29, 0.717) is 13.1 Å². The minimum Gasteiger partial charge on any atom is -0.444 e. The number of carbonyl (C=O) groups is 2. The number of carbonyl (C=O) groups excluding carboxylic acids is 2. The van der Waals surface area contributed by atoms with Gasteiger partial charge in [-0.05, 0) is 85.6 Å². The van der Waals surface area contributed by atoms with Crippen LogP contribution < -0.4 is 16.4 Å².